The molecule has 1 fully saturated rings. The summed E-state index contributed by atoms with van der Waals surface area (Å²) in [6.45, 7) is 8.72. The van der Waals surface area contributed by atoms with Gasteiger partial charge in [-0.05, 0) is 45.8 Å². The van der Waals surface area contributed by atoms with Crippen LogP contribution in [0.15, 0.2) is 0 Å². The fourth-order valence-electron chi connectivity index (χ4n) is 2.12. The van der Waals surface area contributed by atoms with E-state index in [4.69, 9.17) is 4.74 Å². The molecule has 1 aliphatic rings. The van der Waals surface area contributed by atoms with Gasteiger partial charge in [0.2, 0.25) is 0 Å². The van der Waals surface area contributed by atoms with Crippen molar-refractivity contribution in [1.29, 1.82) is 0 Å². The van der Waals surface area contributed by atoms with Crippen LogP contribution in [0.25, 0.3) is 0 Å². The largest absolute Gasteiger partial charge is 0.464 e. The van der Waals surface area contributed by atoms with E-state index in [1.54, 1.807) is 0 Å². The zero-order chi connectivity index (χ0) is 12.8. The maximum Gasteiger partial charge on any atom is 0.322 e. The summed E-state index contributed by atoms with van der Waals surface area (Å²) in [5.41, 5.74) is 0. The Labute approximate surface area is 105 Å². The standard InChI is InChI=1S/C13H26N2O2/c1-10(2)14-11(3)13(16)17-9-12-5-7-15(4)8-6-12/h10-12,14H,5-9H2,1-4H3. The number of ether oxygens (including phenoxy) is 1. The average Bonchev–Trinajstić information content (AvgIpc) is 2.27. The number of hydrogen-bond acceptors (Lipinski definition) is 4. The molecule has 100 valence electrons. The van der Waals surface area contributed by atoms with E-state index >= 15 is 0 Å². The highest BCUT2D eigenvalue weighted by atomic mass is 16.5. The van der Waals surface area contributed by atoms with Crippen molar-refractivity contribution in [3.63, 3.8) is 0 Å². The van der Waals surface area contributed by atoms with Gasteiger partial charge in [0.15, 0.2) is 0 Å². The zero-order valence-electron chi connectivity index (χ0n) is 11.5. The summed E-state index contributed by atoms with van der Waals surface area (Å²) in [6, 6.07) is 0.0992. The van der Waals surface area contributed by atoms with Crippen LogP contribution in [0, 0.1) is 5.92 Å². The van der Waals surface area contributed by atoms with E-state index in [1.807, 2.05) is 20.8 Å². The topological polar surface area (TPSA) is 41.6 Å². The Hall–Kier alpha value is -0.610. The molecule has 0 saturated carbocycles. The third-order valence-electron chi connectivity index (χ3n) is 3.24. The number of nitrogens with one attached hydrogen (secondary N) is 1. The summed E-state index contributed by atoms with van der Waals surface area (Å²) < 4.78 is 5.36. The molecule has 0 aliphatic carbocycles. The highest BCUT2D eigenvalue weighted by Gasteiger charge is 2.20. The molecule has 0 aromatic heterocycles. The van der Waals surface area contributed by atoms with Crippen LogP contribution in [0.2, 0.25) is 0 Å². The van der Waals surface area contributed by atoms with E-state index in [0.29, 0.717) is 18.6 Å². The molecule has 1 atom stereocenters. The van der Waals surface area contributed by atoms with Gasteiger partial charge in [-0.2, -0.15) is 0 Å². The first-order valence-corrected chi connectivity index (χ1v) is 6.60. The van der Waals surface area contributed by atoms with E-state index in [1.165, 1.54) is 0 Å². The molecule has 1 unspecified atom stereocenters. The Morgan fingerprint density at radius 2 is 1.94 bits per heavy atom. The normalized spacial score (nSPS) is 20.5. The fraction of sp³-hybridized carbons (Fsp3) is 0.923. The molecule has 1 heterocycles. The number of carbonyl (C=O) groups is 1. The Balaban J connectivity index is 2.19. The molecule has 0 bridgehead atoms. The van der Waals surface area contributed by atoms with E-state index in [0.717, 1.165) is 25.9 Å². The fourth-order valence-corrected chi connectivity index (χ4v) is 2.12. The second kappa shape index (κ2) is 6.97. The second-order valence-corrected chi connectivity index (χ2v) is 5.42. The van der Waals surface area contributed by atoms with Crippen molar-refractivity contribution >= 4 is 5.97 Å². The molecule has 0 amide bonds. The van der Waals surface area contributed by atoms with Crippen molar-refractivity contribution in [3.8, 4) is 0 Å². The van der Waals surface area contributed by atoms with Crippen LogP contribution >= 0.6 is 0 Å². The van der Waals surface area contributed by atoms with Crippen molar-refractivity contribution in [3.05, 3.63) is 0 Å². The molecule has 1 aliphatic heterocycles. The number of nitrogens with zero attached hydrogens (tertiary/aromatic N) is 1. The van der Waals surface area contributed by atoms with Crippen molar-refractivity contribution in [2.75, 3.05) is 26.7 Å². The van der Waals surface area contributed by atoms with Crippen molar-refractivity contribution in [2.24, 2.45) is 5.92 Å². The van der Waals surface area contributed by atoms with Gasteiger partial charge < -0.3 is 15.0 Å². The molecular formula is C13H26N2O2. The van der Waals surface area contributed by atoms with E-state index in [-0.39, 0.29) is 12.0 Å². The SMILES string of the molecule is CC(C)NC(C)C(=O)OCC1CCN(C)CC1. The van der Waals surface area contributed by atoms with Gasteiger partial charge >= 0.3 is 5.97 Å². The molecule has 1 saturated heterocycles. The van der Waals surface area contributed by atoms with Crippen molar-refractivity contribution in [2.45, 2.75) is 45.7 Å². The lowest BCUT2D eigenvalue weighted by Crippen LogP contribution is -2.40. The lowest BCUT2D eigenvalue weighted by Gasteiger charge is -2.28. The van der Waals surface area contributed by atoms with Crippen LogP contribution in [-0.2, 0) is 9.53 Å². The van der Waals surface area contributed by atoms with Crippen LogP contribution in [0.4, 0.5) is 0 Å². The number of piperidine rings is 1. The molecule has 0 aromatic carbocycles. The summed E-state index contributed by atoms with van der Waals surface area (Å²) in [7, 11) is 2.14. The minimum atomic E-state index is -0.207. The Morgan fingerprint density at radius 3 is 2.47 bits per heavy atom. The van der Waals surface area contributed by atoms with Crippen LogP contribution < -0.4 is 5.32 Å². The second-order valence-electron chi connectivity index (χ2n) is 5.42. The molecule has 4 heteroatoms. The number of rotatable bonds is 5. The Morgan fingerprint density at radius 1 is 1.35 bits per heavy atom. The minimum Gasteiger partial charge on any atom is -0.464 e. The van der Waals surface area contributed by atoms with Gasteiger partial charge in [-0.15, -0.1) is 0 Å². The van der Waals surface area contributed by atoms with E-state index in [9.17, 15) is 4.79 Å². The lowest BCUT2D eigenvalue weighted by atomic mass is 9.98. The van der Waals surface area contributed by atoms with Crippen LogP contribution in [0.3, 0.4) is 0 Å². The highest BCUT2D eigenvalue weighted by Crippen LogP contribution is 2.16. The van der Waals surface area contributed by atoms with Gasteiger partial charge in [0.1, 0.15) is 6.04 Å². The number of likely N-dealkylation sites (tertiary alicyclic amines) is 1. The molecule has 17 heavy (non-hydrogen) atoms. The first-order valence-electron chi connectivity index (χ1n) is 6.60. The zero-order valence-corrected chi connectivity index (χ0v) is 11.5. The van der Waals surface area contributed by atoms with Gasteiger partial charge in [0.05, 0.1) is 6.61 Å². The molecule has 1 N–H and O–H groups in total. The Bertz CT molecular complexity index is 236. The summed E-state index contributed by atoms with van der Waals surface area (Å²) in [6.07, 6.45) is 2.27. The van der Waals surface area contributed by atoms with Gasteiger partial charge in [-0.3, -0.25) is 4.79 Å². The maximum atomic E-state index is 11.7. The van der Waals surface area contributed by atoms with E-state index < -0.39 is 0 Å². The number of hydrogen-bond donors (Lipinski definition) is 1. The highest BCUT2D eigenvalue weighted by molar-refractivity contribution is 5.75. The van der Waals surface area contributed by atoms with Gasteiger partial charge in [0.25, 0.3) is 0 Å². The monoisotopic (exact) mass is 242 g/mol. The minimum absolute atomic E-state index is 0.127. The van der Waals surface area contributed by atoms with Crippen molar-refractivity contribution < 1.29 is 9.53 Å². The van der Waals surface area contributed by atoms with Gasteiger partial charge in [-0.1, -0.05) is 13.8 Å². The number of carbonyl (C=O) groups excluding carboxylic acids is 1. The summed E-state index contributed by atoms with van der Waals surface area (Å²) >= 11 is 0. The van der Waals surface area contributed by atoms with Crippen LogP contribution in [0.5, 0.6) is 0 Å². The molecular weight excluding hydrogens is 216 g/mol. The first-order chi connectivity index (χ1) is 7.99. The maximum absolute atomic E-state index is 11.7. The average molecular weight is 242 g/mol. The molecule has 0 spiro atoms. The van der Waals surface area contributed by atoms with Crippen molar-refractivity contribution in [1.82, 2.24) is 10.2 Å². The predicted octanol–water partition coefficient (Wildman–Crippen LogP) is 1.26. The van der Waals surface area contributed by atoms with Gasteiger partial charge in [0, 0.05) is 6.04 Å². The quantitative estimate of drug-likeness (QED) is 0.737. The predicted molar refractivity (Wildman–Crippen MR) is 68.9 cm³/mol. The first kappa shape index (κ1) is 14.5. The lowest BCUT2D eigenvalue weighted by molar-refractivity contribution is -0.147. The molecule has 0 radical (unpaired) electrons. The molecule has 1 rings (SSSR count). The molecule has 4 nitrogen and oxygen atoms in total. The summed E-state index contributed by atoms with van der Waals surface area (Å²) in [4.78, 5) is 14.0. The Kier molecular flexibility index (Phi) is 5.92. The van der Waals surface area contributed by atoms with Gasteiger partial charge in [-0.25, -0.2) is 0 Å². The van der Waals surface area contributed by atoms with Crippen LogP contribution in [-0.4, -0.2) is 49.7 Å². The van der Waals surface area contributed by atoms with E-state index in [2.05, 4.69) is 17.3 Å². The third-order valence-corrected chi connectivity index (χ3v) is 3.24. The number of esters is 1. The van der Waals surface area contributed by atoms with Crippen LogP contribution in [0.1, 0.15) is 33.6 Å². The summed E-state index contributed by atoms with van der Waals surface area (Å²) in [5, 5.41) is 3.15. The smallest absolute Gasteiger partial charge is 0.322 e. The summed E-state index contributed by atoms with van der Waals surface area (Å²) in [5.74, 6) is 0.416. The third kappa shape index (κ3) is 5.50. The molecule has 0 aromatic rings.